The van der Waals surface area contributed by atoms with E-state index in [9.17, 15) is 14.4 Å². The van der Waals surface area contributed by atoms with Crippen molar-refractivity contribution < 1.29 is 23.9 Å². The maximum absolute atomic E-state index is 13.2. The van der Waals surface area contributed by atoms with Crippen molar-refractivity contribution in [1.82, 2.24) is 0 Å². The number of fused-ring (bicyclic) bond motifs is 7. The molecule has 5 saturated carbocycles. The van der Waals surface area contributed by atoms with Crippen molar-refractivity contribution in [3.63, 3.8) is 0 Å². The van der Waals surface area contributed by atoms with Crippen LogP contribution in [0.3, 0.4) is 0 Å². The second-order valence-corrected chi connectivity index (χ2v) is 18.0. The number of aldehydes is 1. The first-order chi connectivity index (χ1) is 19.9. The van der Waals surface area contributed by atoms with E-state index in [1.165, 1.54) is 38.2 Å². The lowest BCUT2D eigenvalue weighted by Gasteiger charge is -2.72. The summed E-state index contributed by atoms with van der Waals surface area (Å²) < 4.78 is 11.1. The van der Waals surface area contributed by atoms with E-state index in [1.807, 2.05) is 13.8 Å². The molecule has 0 bridgehead atoms. The average Bonchev–Trinajstić information content (AvgIpc) is 3.30. The second-order valence-electron chi connectivity index (χ2n) is 18.0. The average molecular weight is 597 g/mol. The van der Waals surface area contributed by atoms with Crippen LogP contribution in [0.25, 0.3) is 0 Å². The number of carbonyl (C=O) groups is 3. The number of ether oxygens (including phenoxy) is 2. The Kier molecular flexibility index (Phi) is 8.16. The highest BCUT2D eigenvalue weighted by molar-refractivity contribution is 5.74. The Morgan fingerprint density at radius 1 is 0.837 bits per heavy atom. The fourth-order valence-electron chi connectivity index (χ4n) is 12.7. The van der Waals surface area contributed by atoms with Gasteiger partial charge in [-0.1, -0.05) is 60.6 Å². The van der Waals surface area contributed by atoms with Gasteiger partial charge in [-0.2, -0.15) is 0 Å². The van der Waals surface area contributed by atoms with Gasteiger partial charge in [0.2, 0.25) is 0 Å². The van der Waals surface area contributed by atoms with Gasteiger partial charge in [0.05, 0.1) is 20.0 Å². The molecule has 5 aliphatic rings. The van der Waals surface area contributed by atoms with E-state index in [0.29, 0.717) is 29.6 Å². The Morgan fingerprint density at radius 3 is 2.14 bits per heavy atom. The molecule has 0 aromatic rings. The monoisotopic (exact) mass is 596 g/mol. The van der Waals surface area contributed by atoms with Crippen molar-refractivity contribution in [1.29, 1.82) is 0 Å². The zero-order valence-corrected chi connectivity index (χ0v) is 28.8. The van der Waals surface area contributed by atoms with Crippen molar-refractivity contribution in [2.24, 2.45) is 62.1 Å². The van der Waals surface area contributed by atoms with E-state index in [0.717, 1.165) is 44.9 Å². The van der Waals surface area contributed by atoms with Crippen LogP contribution in [0, 0.1) is 62.1 Å². The van der Waals surface area contributed by atoms with Crippen LogP contribution in [-0.2, 0) is 23.9 Å². The first kappa shape index (κ1) is 32.7. The quantitative estimate of drug-likeness (QED) is 0.167. The highest BCUT2D eigenvalue weighted by Gasteiger charge is 2.71. The maximum atomic E-state index is 13.2. The zero-order valence-electron chi connectivity index (χ0n) is 28.8. The highest BCUT2D eigenvalue weighted by atomic mass is 16.5. The minimum Gasteiger partial charge on any atom is -0.469 e. The second kappa shape index (κ2) is 10.7. The number of carbonyl (C=O) groups excluding carboxylic acids is 3. The molecular formula is C38H60O5. The number of methoxy groups -OCH3 is 1. The van der Waals surface area contributed by atoms with Crippen molar-refractivity contribution in [3.8, 4) is 0 Å². The molecular weight excluding hydrogens is 536 g/mol. The molecule has 5 unspecified atom stereocenters. The molecule has 242 valence electrons. The number of hydrogen-bond acceptors (Lipinski definition) is 5. The first-order valence-corrected chi connectivity index (χ1v) is 17.3. The Balaban J connectivity index is 1.37. The van der Waals surface area contributed by atoms with E-state index in [4.69, 9.17) is 9.47 Å². The van der Waals surface area contributed by atoms with Gasteiger partial charge in [0.15, 0.2) is 0 Å². The normalized spacial score (nSPS) is 45.0. The third-order valence-corrected chi connectivity index (χ3v) is 15.1. The van der Waals surface area contributed by atoms with Crippen molar-refractivity contribution >= 4 is 18.2 Å². The summed E-state index contributed by atoms with van der Waals surface area (Å²) in [5.74, 6) is 2.12. The van der Waals surface area contributed by atoms with Crippen molar-refractivity contribution in [2.45, 2.75) is 139 Å². The van der Waals surface area contributed by atoms with Gasteiger partial charge in [-0.3, -0.25) is 9.59 Å². The fourth-order valence-corrected chi connectivity index (χ4v) is 12.7. The number of esters is 2. The molecule has 43 heavy (non-hydrogen) atoms. The van der Waals surface area contributed by atoms with E-state index in [1.54, 1.807) is 0 Å². The third-order valence-electron chi connectivity index (χ3n) is 15.1. The Morgan fingerprint density at radius 2 is 1.51 bits per heavy atom. The van der Waals surface area contributed by atoms with Crippen LogP contribution in [0.5, 0.6) is 0 Å². The summed E-state index contributed by atoms with van der Waals surface area (Å²) in [4.78, 5) is 37.8. The SMILES string of the molecule is C=C(C)C1CC[C@]2(C=O)CC[C@]3(C)C(CCC4[C@@]5(C)CC[C@H](OC(=O)CC(C)(C)CC(=O)OC)C(C)(C)C5CC[C@]43C)C12. The van der Waals surface area contributed by atoms with Crippen LogP contribution in [0.2, 0.25) is 0 Å². The third kappa shape index (κ3) is 4.87. The lowest BCUT2D eigenvalue weighted by atomic mass is 9.32. The van der Waals surface area contributed by atoms with E-state index < -0.39 is 5.41 Å². The van der Waals surface area contributed by atoms with Gasteiger partial charge in [0.25, 0.3) is 0 Å². The molecule has 0 radical (unpaired) electrons. The molecule has 0 heterocycles. The van der Waals surface area contributed by atoms with Crippen LogP contribution in [0.4, 0.5) is 0 Å². The fraction of sp³-hybridized carbons (Fsp3) is 0.868. The predicted octanol–water partition coefficient (Wildman–Crippen LogP) is 8.73. The van der Waals surface area contributed by atoms with Crippen LogP contribution >= 0.6 is 0 Å². The first-order valence-electron chi connectivity index (χ1n) is 17.3. The maximum Gasteiger partial charge on any atom is 0.306 e. The minimum atomic E-state index is -0.498. The summed E-state index contributed by atoms with van der Waals surface area (Å²) in [7, 11) is 1.39. The molecule has 5 heteroatoms. The summed E-state index contributed by atoms with van der Waals surface area (Å²) in [6, 6.07) is 0. The summed E-state index contributed by atoms with van der Waals surface area (Å²) >= 11 is 0. The van der Waals surface area contributed by atoms with Crippen molar-refractivity contribution in [3.05, 3.63) is 12.2 Å². The number of rotatable bonds is 7. The molecule has 0 aromatic heterocycles. The van der Waals surface area contributed by atoms with Gasteiger partial charge in [-0.15, -0.1) is 0 Å². The molecule has 0 N–H and O–H groups in total. The summed E-state index contributed by atoms with van der Waals surface area (Å²) in [5, 5.41) is 0. The van der Waals surface area contributed by atoms with E-state index in [2.05, 4.69) is 48.1 Å². The molecule has 5 aliphatic carbocycles. The summed E-state index contributed by atoms with van der Waals surface area (Å²) in [6.45, 7) is 23.0. The molecule has 5 fully saturated rings. The highest BCUT2D eigenvalue weighted by Crippen LogP contribution is 2.77. The van der Waals surface area contributed by atoms with Gasteiger partial charge >= 0.3 is 11.9 Å². The van der Waals surface area contributed by atoms with Crippen LogP contribution in [0.1, 0.15) is 132 Å². The Labute approximate surface area is 261 Å². The summed E-state index contributed by atoms with van der Waals surface area (Å²) in [6.07, 6.45) is 12.8. The van der Waals surface area contributed by atoms with Gasteiger partial charge in [-0.05, 0) is 122 Å². The largest absolute Gasteiger partial charge is 0.469 e. The van der Waals surface area contributed by atoms with E-state index >= 15 is 0 Å². The molecule has 0 aromatic carbocycles. The van der Waals surface area contributed by atoms with Gasteiger partial charge in [0.1, 0.15) is 12.4 Å². The molecule has 0 aliphatic heterocycles. The smallest absolute Gasteiger partial charge is 0.306 e. The van der Waals surface area contributed by atoms with E-state index in [-0.39, 0.29) is 58.0 Å². The van der Waals surface area contributed by atoms with Gasteiger partial charge < -0.3 is 14.3 Å². The van der Waals surface area contributed by atoms with Crippen LogP contribution < -0.4 is 0 Å². The standard InChI is InChI=1S/C38H60O5/c1-24(2)25-13-18-38(23-39)20-19-36(8)26(32(25)38)11-12-28-35(7)16-15-29(34(5,6)27(35)14-17-37(28,36)9)43-31(41)22-33(3,4)21-30(40)42-10/h23,25-29,32H,1,11-22H2,2-10H3/t25?,26?,27?,28?,29-,32?,35-,36+,37+,38+/m0/s1. The predicted molar refractivity (Wildman–Crippen MR) is 170 cm³/mol. The van der Waals surface area contributed by atoms with Gasteiger partial charge in [0, 0.05) is 10.8 Å². The number of hydrogen-bond donors (Lipinski definition) is 0. The molecule has 5 nitrogen and oxygen atoms in total. The van der Waals surface area contributed by atoms with Crippen LogP contribution in [0.15, 0.2) is 12.2 Å². The van der Waals surface area contributed by atoms with Gasteiger partial charge in [-0.25, -0.2) is 0 Å². The lowest BCUT2D eigenvalue weighted by molar-refractivity contribution is -0.248. The minimum absolute atomic E-state index is 0.110. The van der Waals surface area contributed by atoms with Crippen LogP contribution in [-0.4, -0.2) is 31.4 Å². The summed E-state index contributed by atoms with van der Waals surface area (Å²) in [5.41, 5.74) is 1.16. The Hall–Kier alpha value is -1.65. The van der Waals surface area contributed by atoms with Crippen molar-refractivity contribution in [2.75, 3.05) is 7.11 Å². The zero-order chi connectivity index (χ0) is 31.8. The lowest BCUT2D eigenvalue weighted by Crippen LogP contribution is -2.66. The number of allylic oxidation sites excluding steroid dienone is 1. The molecule has 10 atom stereocenters. The molecule has 0 spiro atoms. The molecule has 0 amide bonds. The molecule has 0 saturated heterocycles. The molecule has 5 rings (SSSR count). The topological polar surface area (TPSA) is 69.7 Å². The Bertz CT molecular complexity index is 1150.